The van der Waals surface area contributed by atoms with E-state index in [2.05, 4.69) is 23.0 Å². The lowest BCUT2D eigenvalue weighted by atomic mass is 10.1. The van der Waals surface area contributed by atoms with Crippen molar-refractivity contribution in [1.82, 2.24) is 9.97 Å². The van der Waals surface area contributed by atoms with Gasteiger partial charge in [-0.25, -0.2) is 4.98 Å². The molecule has 0 aliphatic heterocycles. The second-order valence-electron chi connectivity index (χ2n) is 4.35. The molecule has 5 heteroatoms. The van der Waals surface area contributed by atoms with Gasteiger partial charge in [0.2, 0.25) is 0 Å². The van der Waals surface area contributed by atoms with Crippen molar-refractivity contribution in [1.29, 1.82) is 0 Å². The van der Waals surface area contributed by atoms with Crippen molar-refractivity contribution in [2.24, 2.45) is 5.73 Å². The van der Waals surface area contributed by atoms with Crippen LogP contribution >= 0.6 is 0 Å². The first-order chi connectivity index (χ1) is 9.19. The van der Waals surface area contributed by atoms with Crippen molar-refractivity contribution in [2.45, 2.75) is 19.4 Å². The molecule has 5 nitrogen and oxygen atoms in total. The van der Waals surface area contributed by atoms with Crippen LogP contribution in [0.4, 0.5) is 0 Å². The number of imidazole rings is 1. The van der Waals surface area contributed by atoms with Gasteiger partial charge in [-0.05, 0) is 30.2 Å². The number of hydrogen-bond acceptors (Lipinski definition) is 4. The molecule has 1 heterocycles. The Morgan fingerprint density at radius 3 is 2.89 bits per heavy atom. The number of nitrogens with two attached hydrogens (primary N) is 1. The summed E-state index contributed by atoms with van der Waals surface area (Å²) in [6.07, 6.45) is 2.63. The van der Waals surface area contributed by atoms with Crippen LogP contribution in [0.5, 0.6) is 5.75 Å². The summed E-state index contributed by atoms with van der Waals surface area (Å²) in [6, 6.07) is 5.51. The van der Waals surface area contributed by atoms with Gasteiger partial charge in [-0.1, -0.05) is 6.92 Å². The normalized spacial score (nSPS) is 12.4. The standard InChI is InChI=1S/C14H19N3O2/c1-3-9-6-10(4-5-13(9)19-2)12-7-16-14(17-12)11(15)8-18/h4-7,11,18H,3,8,15H2,1-2H3,(H,16,17). The average molecular weight is 261 g/mol. The second kappa shape index (κ2) is 5.86. The van der Waals surface area contributed by atoms with Gasteiger partial charge >= 0.3 is 0 Å². The highest BCUT2D eigenvalue weighted by atomic mass is 16.5. The lowest BCUT2D eigenvalue weighted by Crippen LogP contribution is -2.15. The number of aliphatic hydroxyl groups is 1. The van der Waals surface area contributed by atoms with E-state index in [0.717, 1.165) is 29.0 Å². The Bertz CT molecular complexity index is 551. The zero-order chi connectivity index (χ0) is 13.8. The molecule has 19 heavy (non-hydrogen) atoms. The summed E-state index contributed by atoms with van der Waals surface area (Å²) < 4.78 is 5.31. The zero-order valence-corrected chi connectivity index (χ0v) is 11.2. The van der Waals surface area contributed by atoms with Crippen molar-refractivity contribution < 1.29 is 9.84 Å². The van der Waals surface area contributed by atoms with Crippen molar-refractivity contribution in [3.63, 3.8) is 0 Å². The van der Waals surface area contributed by atoms with Gasteiger partial charge in [-0.2, -0.15) is 0 Å². The van der Waals surface area contributed by atoms with Crippen LogP contribution in [0.15, 0.2) is 24.4 Å². The van der Waals surface area contributed by atoms with E-state index in [-0.39, 0.29) is 6.61 Å². The van der Waals surface area contributed by atoms with E-state index in [9.17, 15) is 0 Å². The fraction of sp³-hybridized carbons (Fsp3) is 0.357. The first-order valence-corrected chi connectivity index (χ1v) is 6.28. The van der Waals surface area contributed by atoms with Crippen LogP contribution < -0.4 is 10.5 Å². The van der Waals surface area contributed by atoms with E-state index in [1.165, 1.54) is 0 Å². The summed E-state index contributed by atoms with van der Waals surface area (Å²) in [5, 5.41) is 9.02. The fourth-order valence-corrected chi connectivity index (χ4v) is 1.98. The topological polar surface area (TPSA) is 84.2 Å². The Hall–Kier alpha value is -1.85. The Kier molecular flexibility index (Phi) is 4.19. The highest BCUT2D eigenvalue weighted by Crippen LogP contribution is 2.26. The number of rotatable bonds is 5. The molecule has 0 saturated heterocycles. The van der Waals surface area contributed by atoms with E-state index in [0.29, 0.717) is 5.82 Å². The molecule has 0 aliphatic carbocycles. The third-order valence-corrected chi connectivity index (χ3v) is 3.12. The highest BCUT2D eigenvalue weighted by Gasteiger charge is 2.11. The molecular weight excluding hydrogens is 242 g/mol. The minimum atomic E-state index is -0.474. The molecule has 1 aromatic heterocycles. The van der Waals surface area contributed by atoms with Crippen molar-refractivity contribution >= 4 is 0 Å². The van der Waals surface area contributed by atoms with Gasteiger partial charge in [-0.15, -0.1) is 0 Å². The minimum Gasteiger partial charge on any atom is -0.496 e. The summed E-state index contributed by atoms with van der Waals surface area (Å²) in [5.74, 6) is 1.48. The largest absolute Gasteiger partial charge is 0.496 e. The van der Waals surface area contributed by atoms with E-state index in [4.69, 9.17) is 15.6 Å². The number of aliphatic hydroxyl groups excluding tert-OH is 1. The summed E-state index contributed by atoms with van der Waals surface area (Å²) in [4.78, 5) is 7.32. The Morgan fingerprint density at radius 1 is 1.47 bits per heavy atom. The molecule has 0 amide bonds. The molecule has 4 N–H and O–H groups in total. The minimum absolute atomic E-state index is 0.129. The van der Waals surface area contributed by atoms with Crippen molar-refractivity contribution in [2.75, 3.05) is 13.7 Å². The summed E-state index contributed by atoms with van der Waals surface area (Å²) in [7, 11) is 1.67. The smallest absolute Gasteiger partial charge is 0.125 e. The third-order valence-electron chi connectivity index (χ3n) is 3.12. The molecule has 2 rings (SSSR count). The third kappa shape index (κ3) is 2.77. The van der Waals surface area contributed by atoms with Gasteiger partial charge in [0.15, 0.2) is 0 Å². The summed E-state index contributed by atoms with van der Waals surface area (Å²) in [6.45, 7) is 1.96. The maximum Gasteiger partial charge on any atom is 0.125 e. The predicted octanol–water partition coefficient (Wildman–Crippen LogP) is 1.64. The molecule has 2 aromatic rings. The molecule has 0 bridgehead atoms. The van der Waals surface area contributed by atoms with Gasteiger partial charge in [0, 0.05) is 5.56 Å². The Labute approximate surface area is 112 Å². The molecule has 1 aromatic carbocycles. The zero-order valence-electron chi connectivity index (χ0n) is 11.2. The number of ether oxygens (including phenoxy) is 1. The summed E-state index contributed by atoms with van der Waals surface area (Å²) >= 11 is 0. The number of aryl methyl sites for hydroxylation is 1. The second-order valence-corrected chi connectivity index (χ2v) is 4.35. The van der Waals surface area contributed by atoms with Crippen LogP contribution in [-0.2, 0) is 6.42 Å². The van der Waals surface area contributed by atoms with E-state index in [1.807, 2.05) is 12.1 Å². The Morgan fingerprint density at radius 2 is 2.26 bits per heavy atom. The van der Waals surface area contributed by atoms with Crippen LogP contribution in [-0.4, -0.2) is 28.8 Å². The lowest BCUT2D eigenvalue weighted by Gasteiger charge is -2.08. The molecule has 102 valence electrons. The van der Waals surface area contributed by atoms with Crippen LogP contribution in [0.2, 0.25) is 0 Å². The molecule has 0 saturated carbocycles. The van der Waals surface area contributed by atoms with E-state index < -0.39 is 6.04 Å². The SMILES string of the molecule is CCc1cc(-c2cnc(C(N)CO)[nH]2)ccc1OC. The van der Waals surface area contributed by atoms with Crippen molar-refractivity contribution in [3.8, 4) is 17.0 Å². The number of aromatic nitrogens is 2. The number of aromatic amines is 1. The number of methoxy groups -OCH3 is 1. The van der Waals surface area contributed by atoms with Crippen LogP contribution in [0.1, 0.15) is 24.4 Å². The van der Waals surface area contributed by atoms with Crippen LogP contribution in [0.25, 0.3) is 11.3 Å². The van der Waals surface area contributed by atoms with Crippen LogP contribution in [0.3, 0.4) is 0 Å². The van der Waals surface area contributed by atoms with Gasteiger partial charge in [0.25, 0.3) is 0 Å². The van der Waals surface area contributed by atoms with E-state index in [1.54, 1.807) is 13.3 Å². The maximum absolute atomic E-state index is 9.02. The molecule has 0 spiro atoms. The molecule has 0 aliphatic rings. The lowest BCUT2D eigenvalue weighted by molar-refractivity contribution is 0.264. The number of H-pyrrole nitrogens is 1. The van der Waals surface area contributed by atoms with Gasteiger partial charge < -0.3 is 20.6 Å². The molecular formula is C14H19N3O2. The average Bonchev–Trinajstić information content (AvgIpc) is 2.95. The first-order valence-electron chi connectivity index (χ1n) is 6.28. The van der Waals surface area contributed by atoms with Gasteiger partial charge in [0.1, 0.15) is 11.6 Å². The maximum atomic E-state index is 9.02. The quantitative estimate of drug-likeness (QED) is 0.764. The highest BCUT2D eigenvalue weighted by molar-refractivity contribution is 5.61. The number of hydrogen-bond donors (Lipinski definition) is 3. The Balaban J connectivity index is 2.34. The van der Waals surface area contributed by atoms with Gasteiger partial charge in [0.05, 0.1) is 31.6 Å². The first kappa shape index (κ1) is 13.6. The number of nitrogens with zero attached hydrogens (tertiary/aromatic N) is 1. The number of benzene rings is 1. The van der Waals surface area contributed by atoms with Crippen LogP contribution in [0, 0.1) is 0 Å². The molecule has 1 atom stereocenters. The summed E-state index contributed by atoms with van der Waals surface area (Å²) in [5.41, 5.74) is 8.78. The van der Waals surface area contributed by atoms with Crippen molar-refractivity contribution in [3.05, 3.63) is 35.8 Å². The fourth-order valence-electron chi connectivity index (χ4n) is 1.98. The molecule has 0 radical (unpaired) electrons. The van der Waals surface area contributed by atoms with E-state index >= 15 is 0 Å². The predicted molar refractivity (Wildman–Crippen MR) is 74.0 cm³/mol. The number of nitrogens with one attached hydrogen (secondary N) is 1. The molecule has 1 unspecified atom stereocenters. The monoisotopic (exact) mass is 261 g/mol. The molecule has 0 fully saturated rings. The van der Waals surface area contributed by atoms with Gasteiger partial charge in [-0.3, -0.25) is 0 Å².